The molecule has 132 valence electrons. The third-order valence-corrected chi connectivity index (χ3v) is 4.54. The summed E-state index contributed by atoms with van der Waals surface area (Å²) in [6.45, 7) is 2.79. The second-order valence-electron chi connectivity index (χ2n) is 5.82. The molecule has 0 amide bonds. The average molecular weight is 358 g/mol. The third kappa shape index (κ3) is 6.64. The number of nitrogens with zero attached hydrogens (tertiary/aromatic N) is 1. The van der Waals surface area contributed by atoms with Gasteiger partial charge in [-0.15, -0.1) is 0 Å². The van der Waals surface area contributed by atoms with E-state index in [2.05, 4.69) is 77.5 Å². The van der Waals surface area contributed by atoms with Crippen molar-refractivity contribution >= 4 is 21.0 Å². The number of para-hydroxylation sites is 1. The number of benzene rings is 2. The number of rotatable bonds is 5. The van der Waals surface area contributed by atoms with Crippen molar-refractivity contribution in [1.82, 2.24) is 0 Å². The SMILES string of the molecule is CCCCS(=O)(=O)O.c1ccc(C[n+]2cccc3ccccc32)cc1. The monoisotopic (exact) mass is 358 g/mol. The summed E-state index contributed by atoms with van der Waals surface area (Å²) in [4.78, 5) is 0. The van der Waals surface area contributed by atoms with Crippen LogP contribution < -0.4 is 4.57 Å². The van der Waals surface area contributed by atoms with Crippen molar-refractivity contribution in [3.63, 3.8) is 0 Å². The number of fused-ring (bicyclic) bond motifs is 1. The Bertz CT molecular complexity index is 888. The van der Waals surface area contributed by atoms with E-state index >= 15 is 0 Å². The van der Waals surface area contributed by atoms with Gasteiger partial charge in [0.05, 0.1) is 5.75 Å². The van der Waals surface area contributed by atoms with E-state index < -0.39 is 10.1 Å². The molecule has 3 aromatic rings. The second kappa shape index (κ2) is 9.30. The Hall–Kier alpha value is -2.24. The Morgan fingerprint density at radius 2 is 1.56 bits per heavy atom. The molecule has 0 aliphatic carbocycles. The zero-order valence-electron chi connectivity index (χ0n) is 14.4. The van der Waals surface area contributed by atoms with Crippen LogP contribution in [0.3, 0.4) is 0 Å². The molecule has 1 aromatic heterocycles. The van der Waals surface area contributed by atoms with E-state index in [1.54, 1.807) is 0 Å². The molecule has 0 atom stereocenters. The fourth-order valence-corrected chi connectivity index (χ4v) is 3.12. The van der Waals surface area contributed by atoms with Crippen LogP contribution in [-0.2, 0) is 16.7 Å². The van der Waals surface area contributed by atoms with Crippen molar-refractivity contribution in [1.29, 1.82) is 0 Å². The fourth-order valence-electron chi connectivity index (χ4n) is 2.47. The minimum absolute atomic E-state index is 0.108. The van der Waals surface area contributed by atoms with Gasteiger partial charge in [0.1, 0.15) is 0 Å². The zero-order chi connectivity index (χ0) is 18.1. The summed E-state index contributed by atoms with van der Waals surface area (Å²) in [5.74, 6) is -0.108. The van der Waals surface area contributed by atoms with E-state index in [0.29, 0.717) is 6.42 Å². The lowest BCUT2D eigenvalue weighted by Crippen LogP contribution is -2.34. The van der Waals surface area contributed by atoms with Gasteiger partial charge in [0.15, 0.2) is 12.7 Å². The molecular weight excluding hydrogens is 334 g/mol. The zero-order valence-corrected chi connectivity index (χ0v) is 15.2. The Labute approximate surface area is 149 Å². The van der Waals surface area contributed by atoms with E-state index in [1.807, 2.05) is 6.92 Å². The third-order valence-electron chi connectivity index (χ3n) is 3.74. The van der Waals surface area contributed by atoms with Crippen molar-refractivity contribution < 1.29 is 17.5 Å². The van der Waals surface area contributed by atoms with Gasteiger partial charge in [-0.25, -0.2) is 0 Å². The predicted octanol–water partition coefficient (Wildman–Crippen LogP) is 3.85. The lowest BCUT2D eigenvalue weighted by Gasteiger charge is -2.01. The largest absolute Gasteiger partial charge is 0.286 e. The van der Waals surface area contributed by atoms with Gasteiger partial charge < -0.3 is 0 Å². The highest BCUT2D eigenvalue weighted by atomic mass is 32.2. The summed E-state index contributed by atoms with van der Waals surface area (Å²) < 4.78 is 30.3. The van der Waals surface area contributed by atoms with E-state index in [4.69, 9.17) is 4.55 Å². The van der Waals surface area contributed by atoms with Gasteiger partial charge in [-0.05, 0) is 18.6 Å². The van der Waals surface area contributed by atoms with Gasteiger partial charge in [0.2, 0.25) is 5.52 Å². The first-order valence-electron chi connectivity index (χ1n) is 8.36. The van der Waals surface area contributed by atoms with Gasteiger partial charge in [-0.2, -0.15) is 13.0 Å². The van der Waals surface area contributed by atoms with Crippen molar-refractivity contribution in [2.45, 2.75) is 26.3 Å². The highest BCUT2D eigenvalue weighted by Crippen LogP contribution is 2.09. The normalized spacial score (nSPS) is 11.0. The molecule has 25 heavy (non-hydrogen) atoms. The smallest absolute Gasteiger partial charge is 0.264 e. The number of aromatic nitrogens is 1. The van der Waals surface area contributed by atoms with E-state index in [-0.39, 0.29) is 5.75 Å². The van der Waals surface area contributed by atoms with Crippen molar-refractivity contribution in [3.8, 4) is 0 Å². The molecule has 2 aromatic carbocycles. The maximum atomic E-state index is 9.95. The van der Waals surface area contributed by atoms with Crippen molar-refractivity contribution in [3.05, 3.63) is 78.5 Å². The maximum Gasteiger partial charge on any atom is 0.264 e. The molecule has 0 unspecified atom stereocenters. The molecule has 3 rings (SSSR count). The molecule has 0 radical (unpaired) electrons. The Morgan fingerprint density at radius 1 is 0.920 bits per heavy atom. The highest BCUT2D eigenvalue weighted by Gasteiger charge is 2.07. The Kier molecular flexibility index (Phi) is 7.10. The predicted molar refractivity (Wildman–Crippen MR) is 101 cm³/mol. The number of hydrogen-bond acceptors (Lipinski definition) is 2. The summed E-state index contributed by atoms with van der Waals surface area (Å²) >= 11 is 0. The van der Waals surface area contributed by atoms with Crippen LogP contribution in [0.1, 0.15) is 25.3 Å². The molecule has 5 heteroatoms. The van der Waals surface area contributed by atoms with Gasteiger partial charge >= 0.3 is 0 Å². The molecule has 0 aliphatic heterocycles. The van der Waals surface area contributed by atoms with E-state index in [1.165, 1.54) is 16.5 Å². The molecule has 0 saturated heterocycles. The van der Waals surface area contributed by atoms with Gasteiger partial charge in [-0.3, -0.25) is 4.55 Å². The van der Waals surface area contributed by atoms with Crippen molar-refractivity contribution in [2.24, 2.45) is 0 Å². The number of hydrogen-bond donors (Lipinski definition) is 1. The first-order chi connectivity index (χ1) is 12.0. The molecule has 4 nitrogen and oxygen atoms in total. The fraction of sp³-hybridized carbons (Fsp3) is 0.250. The summed E-state index contributed by atoms with van der Waals surface area (Å²) in [7, 11) is -3.69. The summed E-state index contributed by atoms with van der Waals surface area (Å²) in [5.41, 5.74) is 2.60. The molecule has 0 saturated carbocycles. The molecule has 0 spiro atoms. The van der Waals surface area contributed by atoms with Crippen LogP contribution in [-0.4, -0.2) is 18.7 Å². The molecule has 1 N–H and O–H groups in total. The number of unbranched alkanes of at least 4 members (excludes halogenated alkanes) is 1. The van der Waals surface area contributed by atoms with Crippen LogP contribution in [0.2, 0.25) is 0 Å². The van der Waals surface area contributed by atoms with Gasteiger partial charge in [-0.1, -0.05) is 55.8 Å². The first kappa shape index (κ1) is 19.1. The Balaban J connectivity index is 0.000000242. The van der Waals surface area contributed by atoms with Crippen LogP contribution in [0.5, 0.6) is 0 Å². The lowest BCUT2D eigenvalue weighted by atomic mass is 10.2. The van der Waals surface area contributed by atoms with Crippen LogP contribution in [0.15, 0.2) is 72.9 Å². The first-order valence-corrected chi connectivity index (χ1v) is 9.97. The molecular formula is C20H24NO3S+. The summed E-state index contributed by atoms with van der Waals surface area (Å²) in [5, 5.41) is 1.28. The maximum absolute atomic E-state index is 9.95. The molecule has 0 aliphatic rings. The minimum Gasteiger partial charge on any atom is -0.286 e. The van der Waals surface area contributed by atoms with Crippen LogP contribution >= 0.6 is 0 Å². The van der Waals surface area contributed by atoms with E-state index in [9.17, 15) is 8.42 Å². The average Bonchev–Trinajstić information content (AvgIpc) is 2.61. The van der Waals surface area contributed by atoms with Crippen LogP contribution in [0, 0.1) is 0 Å². The molecule has 0 fully saturated rings. The second-order valence-corrected chi connectivity index (χ2v) is 7.39. The summed E-state index contributed by atoms with van der Waals surface area (Å²) in [6, 6.07) is 23.3. The Morgan fingerprint density at radius 3 is 2.20 bits per heavy atom. The quantitative estimate of drug-likeness (QED) is 0.557. The minimum atomic E-state index is -3.69. The van der Waals surface area contributed by atoms with Crippen molar-refractivity contribution in [2.75, 3.05) is 5.75 Å². The number of pyridine rings is 1. The highest BCUT2D eigenvalue weighted by molar-refractivity contribution is 7.85. The van der Waals surface area contributed by atoms with Gasteiger partial charge in [0, 0.05) is 23.1 Å². The topological polar surface area (TPSA) is 58.3 Å². The van der Waals surface area contributed by atoms with Crippen LogP contribution in [0.4, 0.5) is 0 Å². The van der Waals surface area contributed by atoms with Gasteiger partial charge in [0.25, 0.3) is 10.1 Å². The molecule has 0 bridgehead atoms. The standard InChI is InChI=1S/C16H14N.C4H10O3S/c1-2-7-14(8-3-1)13-17-12-6-10-15-9-4-5-11-16(15)17;1-2-3-4-8(5,6)7/h1-12H,13H2;2-4H2,1H3,(H,5,6,7)/q+1;. The van der Waals surface area contributed by atoms with Crippen LogP contribution in [0.25, 0.3) is 10.9 Å². The summed E-state index contributed by atoms with van der Waals surface area (Å²) in [6.07, 6.45) is 3.47. The molecule has 1 heterocycles. The lowest BCUT2D eigenvalue weighted by molar-refractivity contribution is -0.662. The van der Waals surface area contributed by atoms with E-state index in [0.717, 1.165) is 13.0 Å².